The minimum atomic E-state index is -3.98. The van der Waals surface area contributed by atoms with Gasteiger partial charge in [-0.3, -0.25) is 19.4 Å². The second kappa shape index (κ2) is 51.7. The van der Waals surface area contributed by atoms with E-state index in [2.05, 4.69) is 183 Å². The lowest BCUT2D eigenvalue weighted by Crippen LogP contribution is -2.44. The molecule has 2 amide bonds. The van der Waals surface area contributed by atoms with Crippen LogP contribution >= 0.6 is 0 Å². The molecule has 0 atom stereocenters. The number of sulfonamides is 2. The molecule has 4 aromatic heterocycles. The Bertz CT molecular complexity index is 6940. The van der Waals surface area contributed by atoms with Crippen molar-refractivity contribution in [3.8, 4) is 69.6 Å². The van der Waals surface area contributed by atoms with E-state index in [0.29, 0.717) is 83.5 Å². The summed E-state index contributed by atoms with van der Waals surface area (Å²) in [6.45, 7) is 27.8. The van der Waals surface area contributed by atoms with Crippen molar-refractivity contribution in [1.82, 2.24) is 39.7 Å². The number of hydrogen-bond donors (Lipinski definition) is 6. The number of benzene rings is 8. The number of fused-ring (bicyclic) bond motifs is 4. The molecule has 0 bridgehead atoms. The van der Waals surface area contributed by atoms with Gasteiger partial charge in [0.2, 0.25) is 0 Å². The molecule has 142 heavy (non-hydrogen) atoms. The molecule has 32 nitrogen and oxygen atoms in total. The summed E-state index contributed by atoms with van der Waals surface area (Å²) >= 11 is 0. The number of anilines is 4. The number of hydrogen-bond acceptors (Lipinski definition) is 28. The Labute approximate surface area is 830 Å². The molecule has 0 saturated carbocycles. The van der Waals surface area contributed by atoms with Crippen molar-refractivity contribution in [1.29, 1.82) is 21.0 Å². The van der Waals surface area contributed by atoms with Crippen LogP contribution in [0.25, 0.3) is 111 Å². The van der Waals surface area contributed by atoms with Gasteiger partial charge in [-0.05, 0) is 206 Å². The Morgan fingerprint density at radius 3 is 0.937 bits per heavy atom. The first kappa shape index (κ1) is 106. The SMILES string of the molecule is COCCNC(=O)/C(C#N)=C(\C)c1ccc(-c2ccc3cc(N4CCN(C)CC4)ccc3c2)o1.COCCNC(=O)/C(C#N)=C(\C)c1ccc(-c2ccc3cc(NCCN4CCOCC4)ccc3c2)o1.COCCNS(=O)(=O)/C(C#N)=C(\C)c1ccc(-c2ccc3cc(N4CCN(C)CC4)ccc3c2)o1.COCCNS(=O)(=O)/C(C#N)=C(\C)c1ccc(-c2ccc3cc(NCCN4CCOCC4)ccc3c2)o1. The minimum absolute atomic E-state index is 0.0270. The molecule has 34 heteroatoms. The van der Waals surface area contributed by atoms with Crippen LogP contribution in [-0.4, -0.2) is 275 Å². The van der Waals surface area contributed by atoms with Crippen molar-refractivity contribution in [2.45, 2.75) is 27.7 Å². The lowest BCUT2D eigenvalue weighted by molar-refractivity contribution is -0.118. The second-order valence-corrected chi connectivity index (χ2v) is 38.1. The number of allylic oxidation sites excluding steroid dienone is 6. The molecule has 8 heterocycles. The van der Waals surface area contributed by atoms with E-state index in [4.69, 9.17) is 46.1 Å². The second-order valence-electron chi connectivity index (χ2n) is 34.7. The van der Waals surface area contributed by atoms with Crippen LogP contribution in [-0.2, 0) is 58.1 Å². The monoisotopic (exact) mass is 1960 g/mol. The predicted molar refractivity (Wildman–Crippen MR) is 558 cm³/mol. The number of nitriles is 4. The number of carbonyl (C=O) groups is 2. The van der Waals surface area contributed by atoms with Crippen molar-refractivity contribution in [3.05, 3.63) is 238 Å². The zero-order valence-electron chi connectivity index (χ0n) is 82.1. The molecule has 744 valence electrons. The number of nitrogens with one attached hydrogen (secondary N) is 6. The molecule has 0 spiro atoms. The molecular weight excluding hydrogens is 1840 g/mol. The Morgan fingerprint density at radius 1 is 0.338 bits per heavy atom. The largest absolute Gasteiger partial charge is 0.456 e. The fourth-order valence-corrected chi connectivity index (χ4v) is 18.9. The van der Waals surface area contributed by atoms with E-state index in [0.717, 1.165) is 202 Å². The molecule has 4 aliphatic rings. The Hall–Kier alpha value is -13.6. The summed E-state index contributed by atoms with van der Waals surface area (Å²) in [4.78, 5) is 38.3. The van der Waals surface area contributed by atoms with Crippen LogP contribution in [0.1, 0.15) is 50.7 Å². The normalized spacial score (nSPS) is 15.3. The molecule has 8 aromatic carbocycles. The van der Waals surface area contributed by atoms with Crippen molar-refractivity contribution in [2.75, 3.05) is 247 Å². The van der Waals surface area contributed by atoms with Gasteiger partial charge in [-0.25, -0.2) is 26.3 Å². The highest BCUT2D eigenvalue weighted by Crippen LogP contribution is 2.38. The Morgan fingerprint density at radius 2 is 0.627 bits per heavy atom. The van der Waals surface area contributed by atoms with Gasteiger partial charge in [0.1, 0.15) is 81.5 Å². The average molecular weight is 1970 g/mol. The van der Waals surface area contributed by atoms with Gasteiger partial charge in [0.25, 0.3) is 31.9 Å². The predicted octanol–water partition coefficient (Wildman–Crippen LogP) is 15.2. The molecular formula is C108H124N16O16S2. The first-order valence-electron chi connectivity index (χ1n) is 47.3. The maximum Gasteiger partial charge on any atom is 0.262 e. The summed E-state index contributed by atoms with van der Waals surface area (Å²) in [5, 5.41) is 59.4. The van der Waals surface area contributed by atoms with E-state index in [1.165, 1.54) is 31.0 Å². The zero-order valence-corrected chi connectivity index (χ0v) is 83.7. The Balaban J connectivity index is 0.000000159. The number of piperazine rings is 2. The number of nitrogens with zero attached hydrogens (tertiary/aromatic N) is 10. The van der Waals surface area contributed by atoms with Gasteiger partial charge >= 0.3 is 0 Å². The molecule has 4 aliphatic heterocycles. The van der Waals surface area contributed by atoms with E-state index in [9.17, 15) is 47.5 Å². The van der Waals surface area contributed by atoms with E-state index in [1.54, 1.807) is 90.5 Å². The maximum atomic E-state index is 12.5. The summed E-state index contributed by atoms with van der Waals surface area (Å²) in [5.41, 5.74) is 9.80. The smallest absolute Gasteiger partial charge is 0.262 e. The summed E-state index contributed by atoms with van der Waals surface area (Å²) in [6, 6.07) is 72.1. The van der Waals surface area contributed by atoms with E-state index < -0.39 is 31.9 Å². The molecule has 12 aromatic rings. The number of rotatable bonds is 36. The van der Waals surface area contributed by atoms with Crippen LogP contribution in [0.4, 0.5) is 22.7 Å². The quantitative estimate of drug-likeness (QED) is 0.0121. The Kier molecular flexibility index (Phi) is 38.5. The fraction of sp³-hybridized carbons (Fsp3) is 0.352. The number of likely N-dealkylation sites (N-methyl/N-ethyl adjacent to an activating group) is 2. The number of amides is 2. The molecule has 6 N–H and O–H groups in total. The van der Waals surface area contributed by atoms with Crippen LogP contribution in [0.3, 0.4) is 0 Å². The summed E-state index contributed by atoms with van der Waals surface area (Å²) in [7, 11) is 2.42. The molecule has 16 rings (SSSR count). The topological polar surface area (TPSA) is 397 Å². The van der Waals surface area contributed by atoms with Crippen LogP contribution in [0.15, 0.2) is 233 Å². The first-order valence-corrected chi connectivity index (χ1v) is 50.3. The van der Waals surface area contributed by atoms with Gasteiger partial charge in [-0.1, -0.05) is 72.8 Å². The summed E-state index contributed by atoms with van der Waals surface area (Å²) < 4.78 is 109. The number of methoxy groups -OCH3 is 4. The maximum absolute atomic E-state index is 12.5. The standard InChI is InChI=1S/C28H32N4O4.C27H32N4O5S.C27H30N4O3.C26H30N4O4S/c1-20(25(19-29)28(33)31-10-14-34-2)26-7-8-27(36-26)23-4-3-22-18-24(6-5-21(22)17-23)30-9-11-32-12-15-35-16-13-32;1-20(27(19-28)37(32,33)30-10-14-34-2)25-7-8-26(36-25)23-4-3-22-18-24(6-5-21(22)17-23)29-9-11-31-12-15-35-16-13-31;1-19(24(18-28)27(32)29-10-15-33-3)25-8-9-26(34-25)22-5-4-21-17-23(7-6-20(21)16-22)31-13-11-30(2)12-14-31;1-19(26(18-27)35(31,32)28-10-15-33-3)24-8-9-25(34-24)22-5-4-21-17-23(7-6-20(21)16-22)30-13-11-29(2)12-14-30/h3-8,17-18,30H,9-16H2,1-2H3,(H,31,33);3-8,17-18,29-30H,9-16H2,1-2H3;4-9,16-17H,10-15H2,1-3H3,(H,29,32);4-9,16-17,28H,10-15H2,1-3H3/b25-20+;27-20+;24-19+;26-19+. The third-order valence-corrected chi connectivity index (χ3v) is 28.1. The number of carbonyl (C=O) groups excluding carboxylic acids is 2. The van der Waals surface area contributed by atoms with Gasteiger partial charge in [0.05, 0.1) is 52.9 Å². The van der Waals surface area contributed by atoms with E-state index in [1.807, 2.05) is 60.7 Å². The minimum Gasteiger partial charge on any atom is -0.456 e. The van der Waals surface area contributed by atoms with Crippen LogP contribution < -0.4 is 40.5 Å². The number of ether oxygens (including phenoxy) is 6. The van der Waals surface area contributed by atoms with Gasteiger partial charge in [-0.15, -0.1) is 0 Å². The van der Waals surface area contributed by atoms with Crippen molar-refractivity contribution in [3.63, 3.8) is 0 Å². The highest BCUT2D eigenvalue weighted by molar-refractivity contribution is 7.94. The fourth-order valence-electron chi connectivity index (χ4n) is 16.6. The van der Waals surface area contributed by atoms with Gasteiger partial charge < -0.3 is 87.0 Å². The molecule has 0 unspecified atom stereocenters. The highest BCUT2D eigenvalue weighted by Gasteiger charge is 2.28. The highest BCUT2D eigenvalue weighted by atomic mass is 32.2. The zero-order chi connectivity index (χ0) is 101. The molecule has 4 fully saturated rings. The van der Waals surface area contributed by atoms with Crippen molar-refractivity contribution < 1.29 is 72.5 Å². The number of morpholine rings is 2. The average Bonchev–Trinajstić information content (AvgIpc) is 1.47. The summed E-state index contributed by atoms with van der Waals surface area (Å²) in [5.74, 6) is 3.33. The van der Waals surface area contributed by atoms with Crippen LogP contribution in [0.2, 0.25) is 0 Å². The van der Waals surface area contributed by atoms with Crippen molar-refractivity contribution >= 4 is 120 Å². The van der Waals surface area contributed by atoms with E-state index in [-0.39, 0.29) is 58.4 Å². The first-order chi connectivity index (χ1) is 68.8. The van der Waals surface area contributed by atoms with Gasteiger partial charge in [0.15, 0.2) is 9.81 Å². The lowest BCUT2D eigenvalue weighted by atomic mass is 10.0. The third-order valence-electron chi connectivity index (χ3n) is 25.1. The van der Waals surface area contributed by atoms with Crippen molar-refractivity contribution in [2.24, 2.45) is 0 Å². The van der Waals surface area contributed by atoms with Crippen LogP contribution in [0.5, 0.6) is 0 Å². The van der Waals surface area contributed by atoms with E-state index >= 15 is 0 Å². The van der Waals surface area contributed by atoms with Crippen LogP contribution in [0, 0.1) is 45.3 Å². The molecule has 4 saturated heterocycles. The third kappa shape index (κ3) is 28.4. The van der Waals surface area contributed by atoms with Gasteiger partial charge in [0, 0.05) is 227 Å². The summed E-state index contributed by atoms with van der Waals surface area (Å²) in [6.07, 6.45) is 0. The molecule has 0 radical (unpaired) electrons. The van der Waals surface area contributed by atoms with Gasteiger partial charge in [-0.2, -0.15) is 21.0 Å². The lowest BCUT2D eigenvalue weighted by Gasteiger charge is -2.34. The molecule has 0 aliphatic carbocycles. The number of furan rings is 4.